The molecule has 0 unspecified atom stereocenters. The Kier molecular flexibility index (Phi) is 3.07. The molecule has 1 aliphatic heterocycles. The van der Waals surface area contributed by atoms with Crippen molar-refractivity contribution in [3.8, 4) is 0 Å². The van der Waals surface area contributed by atoms with Gasteiger partial charge in [-0.1, -0.05) is 0 Å². The van der Waals surface area contributed by atoms with Crippen LogP contribution in [0.15, 0.2) is 20.7 Å². The molecule has 0 spiro atoms. The highest BCUT2D eigenvalue weighted by atomic mass is 19.4. The number of hydrogen-bond acceptors (Lipinski definition) is 4. The molecule has 0 N–H and O–H groups in total. The van der Waals surface area contributed by atoms with Gasteiger partial charge in [0.1, 0.15) is 0 Å². The monoisotopic (exact) mass is 306 g/mol. The summed E-state index contributed by atoms with van der Waals surface area (Å²) in [6.07, 6.45) is -13.5. The van der Waals surface area contributed by atoms with E-state index < -0.39 is 29.9 Å². The van der Waals surface area contributed by atoms with E-state index in [9.17, 15) is 43.9 Å². The van der Waals surface area contributed by atoms with Gasteiger partial charge < -0.3 is 0 Å². The van der Waals surface area contributed by atoms with Gasteiger partial charge in [0.2, 0.25) is 0 Å². The summed E-state index contributed by atoms with van der Waals surface area (Å²) >= 11 is 0. The van der Waals surface area contributed by atoms with Crippen molar-refractivity contribution in [2.75, 3.05) is 0 Å². The molecule has 0 aromatic carbocycles. The normalized spacial score (nSPS) is 20.1. The molecule has 0 saturated carbocycles. The lowest BCUT2D eigenvalue weighted by Gasteiger charge is -2.36. The number of hydrogen-bond donors (Lipinski definition) is 0. The highest BCUT2D eigenvalue weighted by molar-refractivity contribution is 5.13. The van der Waals surface area contributed by atoms with Gasteiger partial charge in [-0.3, -0.25) is 0 Å². The van der Waals surface area contributed by atoms with Crippen molar-refractivity contribution in [3.05, 3.63) is 0 Å². The second-order valence-electron chi connectivity index (χ2n) is 3.20. The molecule has 0 saturated heterocycles. The molecule has 0 radical (unpaired) electrons. The van der Waals surface area contributed by atoms with Crippen molar-refractivity contribution < 1.29 is 43.9 Å². The zero-order valence-electron chi connectivity index (χ0n) is 8.07. The van der Waals surface area contributed by atoms with Crippen LogP contribution in [0.3, 0.4) is 0 Å². The first-order valence-corrected chi connectivity index (χ1v) is 3.94. The van der Waals surface area contributed by atoms with E-state index in [1.807, 2.05) is 10.4 Å². The zero-order chi connectivity index (χ0) is 15.3. The van der Waals surface area contributed by atoms with E-state index in [2.05, 4.69) is 0 Å². The summed E-state index contributed by atoms with van der Waals surface area (Å²) in [6.45, 7) is 0. The summed E-state index contributed by atoms with van der Waals surface area (Å²) in [5, 5.41) is 7.03. The Labute approximate surface area is 95.7 Å². The first-order chi connectivity index (χ1) is 8.21. The Bertz CT molecular complexity index is 377. The van der Waals surface area contributed by atoms with Gasteiger partial charge in [-0.25, -0.2) is 0 Å². The van der Waals surface area contributed by atoms with Gasteiger partial charge in [-0.05, 0) is 10.4 Å². The van der Waals surface area contributed by atoms with Crippen molar-refractivity contribution in [1.29, 1.82) is 0 Å². The SMILES string of the molecule is FC(F)(F)C(F)(F)C1(C(F)(F)C(F)(F)F)N=NN=N1. The van der Waals surface area contributed by atoms with Crippen LogP contribution in [0.1, 0.15) is 0 Å². The highest BCUT2D eigenvalue weighted by Gasteiger charge is 2.88. The van der Waals surface area contributed by atoms with Gasteiger partial charge in [0, 0.05) is 0 Å². The van der Waals surface area contributed by atoms with Gasteiger partial charge in [-0.2, -0.15) is 43.9 Å². The molecule has 19 heavy (non-hydrogen) atoms. The molecule has 1 heterocycles. The molecule has 0 atom stereocenters. The molecule has 110 valence electrons. The maximum atomic E-state index is 12.9. The zero-order valence-corrected chi connectivity index (χ0v) is 8.07. The van der Waals surface area contributed by atoms with E-state index in [0.717, 1.165) is 0 Å². The molecule has 0 aromatic rings. The Morgan fingerprint density at radius 1 is 0.526 bits per heavy atom. The minimum absolute atomic E-state index is 1.60. The van der Waals surface area contributed by atoms with Crippen molar-refractivity contribution in [1.82, 2.24) is 0 Å². The van der Waals surface area contributed by atoms with Gasteiger partial charge in [0.05, 0.1) is 0 Å². The second kappa shape index (κ2) is 3.75. The number of halogens is 10. The van der Waals surface area contributed by atoms with E-state index in [1.165, 1.54) is 0 Å². The lowest BCUT2D eigenvalue weighted by Crippen LogP contribution is -2.67. The highest BCUT2D eigenvalue weighted by Crippen LogP contribution is 2.58. The minimum Gasteiger partial charge on any atom is -0.191 e. The summed E-state index contributed by atoms with van der Waals surface area (Å²) in [6, 6.07) is 0. The van der Waals surface area contributed by atoms with Crippen molar-refractivity contribution in [2.24, 2.45) is 20.7 Å². The summed E-state index contributed by atoms with van der Waals surface area (Å²) in [4.78, 5) is 0. The third kappa shape index (κ3) is 1.83. The maximum Gasteiger partial charge on any atom is 0.458 e. The van der Waals surface area contributed by atoms with Crippen molar-refractivity contribution in [2.45, 2.75) is 29.9 Å². The molecule has 0 aliphatic carbocycles. The molecule has 14 heteroatoms. The molecule has 4 nitrogen and oxygen atoms in total. The standard InChI is InChI=1S/C5F10N4/c6-1(7,4(10,11)12)3(16-18-19-17-3)2(8,9)5(13,14)15. The molecule has 1 aliphatic rings. The van der Waals surface area contributed by atoms with Crippen LogP contribution in [0.5, 0.6) is 0 Å². The third-order valence-corrected chi connectivity index (χ3v) is 2.01. The second-order valence-corrected chi connectivity index (χ2v) is 3.20. The largest absolute Gasteiger partial charge is 0.458 e. The Balaban J connectivity index is 3.54. The van der Waals surface area contributed by atoms with Crippen LogP contribution in [0, 0.1) is 0 Å². The molecular weight excluding hydrogens is 306 g/mol. The predicted octanol–water partition coefficient (Wildman–Crippen LogP) is 3.91. The lowest BCUT2D eigenvalue weighted by atomic mass is 9.94. The predicted molar refractivity (Wildman–Crippen MR) is 34.4 cm³/mol. The summed E-state index contributed by atoms with van der Waals surface area (Å²) < 4.78 is 124. The average Bonchev–Trinajstić information content (AvgIpc) is 2.63. The van der Waals surface area contributed by atoms with Crippen LogP contribution < -0.4 is 0 Å². The van der Waals surface area contributed by atoms with Gasteiger partial charge >= 0.3 is 29.9 Å². The quantitative estimate of drug-likeness (QED) is 0.695. The molecular formula is C5F10N4. The topological polar surface area (TPSA) is 49.4 Å². The summed E-state index contributed by atoms with van der Waals surface area (Å²) in [5.41, 5.74) is -5.55. The lowest BCUT2D eigenvalue weighted by molar-refractivity contribution is -0.377. The fraction of sp³-hybridized carbons (Fsp3) is 1.00. The van der Waals surface area contributed by atoms with Gasteiger partial charge in [0.15, 0.2) is 0 Å². The number of nitrogens with zero attached hydrogens (tertiary/aromatic N) is 4. The van der Waals surface area contributed by atoms with E-state index in [4.69, 9.17) is 0 Å². The van der Waals surface area contributed by atoms with Crippen LogP contribution in [0.2, 0.25) is 0 Å². The van der Waals surface area contributed by atoms with Crippen molar-refractivity contribution >= 4 is 0 Å². The molecule has 1 rings (SSSR count). The fourth-order valence-electron chi connectivity index (χ4n) is 1.03. The van der Waals surface area contributed by atoms with Crippen molar-refractivity contribution in [3.63, 3.8) is 0 Å². The Morgan fingerprint density at radius 3 is 1.00 bits per heavy atom. The number of rotatable bonds is 2. The summed E-state index contributed by atoms with van der Waals surface area (Å²) in [5.74, 6) is -13.3. The van der Waals surface area contributed by atoms with Crippen LogP contribution in [0.25, 0.3) is 0 Å². The molecule has 0 bridgehead atoms. The first kappa shape index (κ1) is 15.6. The average molecular weight is 306 g/mol. The van der Waals surface area contributed by atoms with E-state index in [-0.39, 0.29) is 0 Å². The molecule has 0 fully saturated rings. The fourth-order valence-corrected chi connectivity index (χ4v) is 1.03. The summed E-state index contributed by atoms with van der Waals surface area (Å²) in [7, 11) is 0. The van der Waals surface area contributed by atoms with E-state index >= 15 is 0 Å². The molecule has 0 amide bonds. The Hall–Kier alpha value is -1.50. The van der Waals surface area contributed by atoms with Gasteiger partial charge in [-0.15, -0.1) is 10.2 Å². The van der Waals surface area contributed by atoms with Crippen LogP contribution >= 0.6 is 0 Å². The van der Waals surface area contributed by atoms with Crippen LogP contribution in [-0.4, -0.2) is 29.9 Å². The number of alkyl halides is 10. The third-order valence-electron chi connectivity index (χ3n) is 2.01. The van der Waals surface area contributed by atoms with E-state index in [1.54, 1.807) is 10.2 Å². The van der Waals surface area contributed by atoms with Crippen LogP contribution in [-0.2, 0) is 0 Å². The van der Waals surface area contributed by atoms with E-state index in [0.29, 0.717) is 0 Å². The first-order valence-electron chi connectivity index (χ1n) is 3.94. The Morgan fingerprint density at radius 2 is 0.789 bits per heavy atom. The smallest absolute Gasteiger partial charge is 0.191 e. The van der Waals surface area contributed by atoms with Crippen LogP contribution in [0.4, 0.5) is 43.9 Å². The van der Waals surface area contributed by atoms with Gasteiger partial charge in [0.25, 0.3) is 0 Å². The minimum atomic E-state index is -6.77. The maximum absolute atomic E-state index is 12.9. The molecule has 0 aromatic heterocycles.